The summed E-state index contributed by atoms with van der Waals surface area (Å²) in [6.07, 6.45) is -0.350. The Kier molecular flexibility index (Phi) is 6.99. The van der Waals surface area contributed by atoms with Crippen LogP contribution in [-0.2, 0) is 9.53 Å². The van der Waals surface area contributed by atoms with E-state index in [0.29, 0.717) is 6.42 Å². The molecule has 0 bridgehead atoms. The van der Waals surface area contributed by atoms with Crippen LogP contribution < -0.4 is 0 Å². The molecular weight excluding hydrogens is 288 g/mol. The van der Waals surface area contributed by atoms with Crippen molar-refractivity contribution < 1.29 is 30.0 Å². The number of carbonyl (C=O) groups excluding carboxylic acids is 1. The monoisotopic (exact) mass is 316 g/mol. The van der Waals surface area contributed by atoms with Crippen LogP contribution in [0.3, 0.4) is 0 Å². The Morgan fingerprint density at radius 2 is 1.95 bits per heavy atom. The van der Waals surface area contributed by atoms with Gasteiger partial charge in [-0.05, 0) is 20.3 Å². The summed E-state index contributed by atoms with van der Waals surface area (Å²) in [4.78, 5) is 12.3. The molecule has 1 rings (SSSR count). The quantitative estimate of drug-likeness (QED) is 0.445. The van der Waals surface area contributed by atoms with Crippen molar-refractivity contribution >= 4 is 5.97 Å². The van der Waals surface area contributed by atoms with E-state index in [4.69, 9.17) is 4.74 Å². The summed E-state index contributed by atoms with van der Waals surface area (Å²) in [5.41, 5.74) is -1.29. The van der Waals surface area contributed by atoms with Crippen LogP contribution in [0.15, 0.2) is 12.2 Å². The minimum atomic E-state index is -1.34. The Labute approximate surface area is 131 Å². The second kappa shape index (κ2) is 8.06. The summed E-state index contributed by atoms with van der Waals surface area (Å²) in [7, 11) is 0. The summed E-state index contributed by atoms with van der Waals surface area (Å²) < 4.78 is 5.38. The molecule has 4 N–H and O–H groups in total. The van der Waals surface area contributed by atoms with Crippen LogP contribution in [0.25, 0.3) is 0 Å². The van der Waals surface area contributed by atoms with Crippen LogP contribution in [0, 0.1) is 5.41 Å². The third-order valence-corrected chi connectivity index (χ3v) is 4.05. The maximum atomic E-state index is 12.3. The summed E-state index contributed by atoms with van der Waals surface area (Å²) in [5, 5.41) is 39.8. The number of hydrogen-bond donors (Lipinski definition) is 4. The molecule has 0 amide bonds. The molecule has 0 aromatic carbocycles. The normalized spacial score (nSPS) is 35.5. The first-order valence-corrected chi connectivity index (χ1v) is 7.80. The molecule has 0 saturated carbocycles. The second-order valence-corrected chi connectivity index (χ2v) is 6.55. The number of esters is 1. The smallest absolute Gasteiger partial charge is 0.314 e. The Morgan fingerprint density at radius 3 is 2.55 bits per heavy atom. The first-order valence-electron chi connectivity index (χ1n) is 7.80. The van der Waals surface area contributed by atoms with Gasteiger partial charge in [0.2, 0.25) is 0 Å². The summed E-state index contributed by atoms with van der Waals surface area (Å²) in [6.45, 7) is 4.93. The lowest BCUT2D eigenvalue weighted by Crippen LogP contribution is -2.47. The molecule has 6 heteroatoms. The molecule has 1 aliphatic rings. The number of hydrogen-bond acceptors (Lipinski definition) is 6. The lowest BCUT2D eigenvalue weighted by atomic mass is 9.82. The highest BCUT2D eigenvalue weighted by atomic mass is 16.5. The van der Waals surface area contributed by atoms with Crippen molar-refractivity contribution in [2.45, 2.75) is 77.0 Å². The highest BCUT2D eigenvalue weighted by Crippen LogP contribution is 2.29. The van der Waals surface area contributed by atoms with E-state index in [-0.39, 0.29) is 12.8 Å². The van der Waals surface area contributed by atoms with Crippen molar-refractivity contribution in [3.05, 3.63) is 12.2 Å². The van der Waals surface area contributed by atoms with Gasteiger partial charge in [-0.3, -0.25) is 4.79 Å². The SMILES string of the molecule is CCCC(O)CC1CC(O)/C=C/C(O)C(O)C(C)(C)C(=O)O1. The van der Waals surface area contributed by atoms with Gasteiger partial charge in [0.15, 0.2) is 0 Å². The van der Waals surface area contributed by atoms with Crippen LogP contribution in [-0.4, -0.2) is 56.9 Å². The van der Waals surface area contributed by atoms with Crippen molar-refractivity contribution in [3.63, 3.8) is 0 Å². The van der Waals surface area contributed by atoms with Crippen molar-refractivity contribution in [2.24, 2.45) is 5.41 Å². The highest BCUT2D eigenvalue weighted by Gasteiger charge is 2.42. The van der Waals surface area contributed by atoms with Gasteiger partial charge in [0, 0.05) is 12.8 Å². The third kappa shape index (κ3) is 5.05. The molecule has 5 unspecified atom stereocenters. The Balaban J connectivity index is 2.94. The van der Waals surface area contributed by atoms with E-state index in [9.17, 15) is 25.2 Å². The van der Waals surface area contributed by atoms with E-state index < -0.39 is 41.9 Å². The topological polar surface area (TPSA) is 107 Å². The van der Waals surface area contributed by atoms with Crippen molar-refractivity contribution in [2.75, 3.05) is 0 Å². The van der Waals surface area contributed by atoms with Gasteiger partial charge in [-0.2, -0.15) is 0 Å². The zero-order valence-corrected chi connectivity index (χ0v) is 13.5. The number of ether oxygens (including phenoxy) is 1. The molecule has 0 radical (unpaired) electrons. The lowest BCUT2D eigenvalue weighted by Gasteiger charge is -2.34. The first-order chi connectivity index (χ1) is 10.2. The van der Waals surface area contributed by atoms with E-state index in [0.717, 1.165) is 6.42 Å². The predicted octanol–water partition coefficient (Wildman–Crippen LogP) is 0.518. The average molecular weight is 316 g/mol. The van der Waals surface area contributed by atoms with Crippen LogP contribution in [0.4, 0.5) is 0 Å². The molecule has 0 spiro atoms. The van der Waals surface area contributed by atoms with E-state index in [2.05, 4.69) is 0 Å². The van der Waals surface area contributed by atoms with Gasteiger partial charge in [0.05, 0.1) is 29.8 Å². The fourth-order valence-electron chi connectivity index (χ4n) is 2.49. The highest BCUT2D eigenvalue weighted by molar-refractivity contribution is 5.77. The molecule has 6 nitrogen and oxygen atoms in total. The predicted molar refractivity (Wildman–Crippen MR) is 81.0 cm³/mol. The number of cyclic esters (lactones) is 1. The standard InChI is InChI=1S/C16H28O6/c1-4-5-10(17)8-12-9-11(18)6-7-13(19)14(20)16(2,3)15(21)22-12/h6-7,10-14,17-20H,4-5,8-9H2,1-3H3/b7-6+. The zero-order chi connectivity index (χ0) is 16.9. The van der Waals surface area contributed by atoms with Crippen molar-refractivity contribution in [1.82, 2.24) is 0 Å². The summed E-state index contributed by atoms with van der Waals surface area (Å²) in [6, 6.07) is 0. The van der Waals surface area contributed by atoms with Crippen LogP contribution in [0.2, 0.25) is 0 Å². The molecule has 0 aromatic heterocycles. The second-order valence-electron chi connectivity index (χ2n) is 6.55. The molecular formula is C16H28O6. The van der Waals surface area contributed by atoms with Gasteiger partial charge in [0.1, 0.15) is 6.10 Å². The summed E-state index contributed by atoms with van der Waals surface area (Å²) >= 11 is 0. The number of aliphatic hydroxyl groups excluding tert-OH is 4. The summed E-state index contributed by atoms with van der Waals surface area (Å²) in [5.74, 6) is -0.657. The van der Waals surface area contributed by atoms with Crippen LogP contribution in [0.5, 0.6) is 0 Å². The van der Waals surface area contributed by atoms with Gasteiger partial charge < -0.3 is 25.2 Å². The maximum Gasteiger partial charge on any atom is 0.314 e. The van der Waals surface area contributed by atoms with E-state index in [1.54, 1.807) is 0 Å². The number of rotatable bonds is 4. The number of aliphatic hydroxyl groups is 4. The van der Waals surface area contributed by atoms with Crippen molar-refractivity contribution in [3.8, 4) is 0 Å². The Bertz CT molecular complexity index is 392. The van der Waals surface area contributed by atoms with Gasteiger partial charge in [-0.1, -0.05) is 25.5 Å². The van der Waals surface area contributed by atoms with E-state index in [1.807, 2.05) is 6.92 Å². The molecule has 22 heavy (non-hydrogen) atoms. The van der Waals surface area contributed by atoms with Crippen LogP contribution >= 0.6 is 0 Å². The Hall–Kier alpha value is -0.950. The minimum Gasteiger partial charge on any atom is -0.462 e. The maximum absolute atomic E-state index is 12.3. The molecule has 0 saturated heterocycles. The lowest BCUT2D eigenvalue weighted by molar-refractivity contribution is -0.172. The van der Waals surface area contributed by atoms with Gasteiger partial charge in [-0.25, -0.2) is 0 Å². The molecule has 128 valence electrons. The van der Waals surface area contributed by atoms with Gasteiger partial charge in [-0.15, -0.1) is 0 Å². The molecule has 1 aliphatic heterocycles. The molecule has 0 aliphatic carbocycles. The largest absolute Gasteiger partial charge is 0.462 e. The van der Waals surface area contributed by atoms with Gasteiger partial charge >= 0.3 is 5.97 Å². The van der Waals surface area contributed by atoms with Gasteiger partial charge in [0.25, 0.3) is 0 Å². The first kappa shape index (κ1) is 19.1. The number of carbonyl (C=O) groups is 1. The molecule has 5 atom stereocenters. The molecule has 0 fully saturated rings. The Morgan fingerprint density at radius 1 is 1.32 bits per heavy atom. The minimum absolute atomic E-state index is 0.141. The molecule has 0 aromatic rings. The third-order valence-electron chi connectivity index (χ3n) is 4.05. The average Bonchev–Trinajstić information content (AvgIpc) is 2.42. The fraction of sp³-hybridized carbons (Fsp3) is 0.812. The van der Waals surface area contributed by atoms with E-state index >= 15 is 0 Å². The van der Waals surface area contributed by atoms with Crippen LogP contribution in [0.1, 0.15) is 46.5 Å². The molecule has 1 heterocycles. The van der Waals surface area contributed by atoms with E-state index in [1.165, 1.54) is 26.0 Å². The fourth-order valence-corrected chi connectivity index (χ4v) is 2.49. The zero-order valence-electron chi connectivity index (χ0n) is 13.5. The van der Waals surface area contributed by atoms with Crippen molar-refractivity contribution in [1.29, 1.82) is 0 Å².